The van der Waals surface area contributed by atoms with E-state index < -0.39 is 48.0 Å². The predicted molar refractivity (Wildman–Crippen MR) is 166 cm³/mol. The fourth-order valence-electron chi connectivity index (χ4n) is 4.85. The second-order valence-electron chi connectivity index (χ2n) is 11.0. The van der Waals surface area contributed by atoms with Crippen molar-refractivity contribution in [3.8, 4) is 0 Å². The van der Waals surface area contributed by atoms with Crippen LogP contribution in [-0.2, 0) is 20.8 Å². The van der Waals surface area contributed by atoms with Gasteiger partial charge in [-0.05, 0) is 49.9 Å². The summed E-state index contributed by atoms with van der Waals surface area (Å²) in [4.78, 5) is 46.6. The van der Waals surface area contributed by atoms with Crippen LogP contribution in [0.2, 0.25) is 0 Å². The van der Waals surface area contributed by atoms with Crippen molar-refractivity contribution >= 4 is 28.8 Å². The van der Waals surface area contributed by atoms with Crippen molar-refractivity contribution in [3.05, 3.63) is 102 Å². The quantitative estimate of drug-likeness (QED) is 0.142. The molecule has 0 fully saturated rings. The first-order valence-corrected chi connectivity index (χ1v) is 14.5. The van der Waals surface area contributed by atoms with E-state index in [2.05, 4.69) is 20.9 Å². The number of H-pyrrole nitrogens is 1. The largest absolute Gasteiger partial charge is 0.391 e. The van der Waals surface area contributed by atoms with E-state index in [9.17, 15) is 19.5 Å². The van der Waals surface area contributed by atoms with E-state index in [0.29, 0.717) is 12.2 Å². The Bertz CT molecular complexity index is 1470. The van der Waals surface area contributed by atoms with Crippen LogP contribution in [0.1, 0.15) is 50.2 Å². The number of nitrogens with one attached hydrogen (secondary N) is 4. The summed E-state index contributed by atoms with van der Waals surface area (Å²) in [6.07, 6.45) is -0.629. The molecule has 1 aromatic heterocycles. The van der Waals surface area contributed by atoms with Crippen molar-refractivity contribution in [3.63, 3.8) is 0 Å². The highest BCUT2D eigenvalue weighted by Crippen LogP contribution is 2.24. The fourth-order valence-corrected chi connectivity index (χ4v) is 4.85. The molecule has 3 aromatic carbocycles. The molecule has 4 aromatic rings. The van der Waals surface area contributed by atoms with E-state index in [1.165, 1.54) is 6.92 Å². The molecule has 0 saturated heterocycles. The van der Waals surface area contributed by atoms with Gasteiger partial charge >= 0.3 is 0 Å². The van der Waals surface area contributed by atoms with Crippen molar-refractivity contribution in [2.45, 2.75) is 63.9 Å². The van der Waals surface area contributed by atoms with E-state index in [4.69, 9.17) is 10.7 Å². The number of amides is 3. The Hall–Kier alpha value is -4.54. The first-order chi connectivity index (χ1) is 20.6. The zero-order chi connectivity index (χ0) is 30.9. The minimum Gasteiger partial charge on any atom is -0.391 e. The number of nitrogens with zero attached hydrogens (tertiary/aromatic N) is 1. The van der Waals surface area contributed by atoms with Crippen LogP contribution in [0.5, 0.6) is 0 Å². The van der Waals surface area contributed by atoms with Gasteiger partial charge in [0.05, 0.1) is 29.2 Å². The van der Waals surface area contributed by atoms with E-state index in [0.717, 1.165) is 22.2 Å². The number of nitrogens with two attached hydrogens (primary N) is 1. The van der Waals surface area contributed by atoms with E-state index in [1.807, 2.05) is 84.9 Å². The number of benzene rings is 3. The number of aliphatic hydroxyl groups is 1. The molecule has 43 heavy (non-hydrogen) atoms. The van der Waals surface area contributed by atoms with Gasteiger partial charge in [0.25, 0.3) is 0 Å². The molecule has 1 heterocycles. The summed E-state index contributed by atoms with van der Waals surface area (Å²) in [5.41, 5.74) is 9.04. The monoisotopic (exact) mass is 584 g/mol. The van der Waals surface area contributed by atoms with Crippen LogP contribution in [0.3, 0.4) is 0 Å². The highest BCUT2D eigenvalue weighted by molar-refractivity contribution is 5.89. The Morgan fingerprint density at radius 3 is 2.09 bits per heavy atom. The van der Waals surface area contributed by atoms with Crippen molar-refractivity contribution in [1.82, 2.24) is 25.9 Å². The molecule has 0 saturated carbocycles. The molecule has 3 amide bonds. The maximum Gasteiger partial charge on any atom is 0.242 e. The summed E-state index contributed by atoms with van der Waals surface area (Å²) in [7, 11) is 0. The number of hydrogen-bond acceptors (Lipinski definition) is 6. The minimum absolute atomic E-state index is 0.0891. The molecular weight excluding hydrogens is 544 g/mol. The number of imidazole rings is 1. The van der Waals surface area contributed by atoms with Gasteiger partial charge in [0.15, 0.2) is 0 Å². The van der Waals surface area contributed by atoms with Gasteiger partial charge in [0.1, 0.15) is 17.9 Å². The van der Waals surface area contributed by atoms with Crippen molar-refractivity contribution in [2.75, 3.05) is 0 Å². The Labute approximate surface area is 251 Å². The second kappa shape index (κ2) is 14.6. The van der Waals surface area contributed by atoms with Crippen LogP contribution in [0.25, 0.3) is 11.0 Å². The molecular formula is C33H40N6O4. The molecule has 10 nitrogen and oxygen atoms in total. The third-order valence-electron chi connectivity index (χ3n) is 7.40. The molecule has 0 aliphatic carbocycles. The number of rotatable bonds is 13. The van der Waals surface area contributed by atoms with E-state index >= 15 is 0 Å². The zero-order valence-electron chi connectivity index (χ0n) is 24.7. The van der Waals surface area contributed by atoms with E-state index in [-0.39, 0.29) is 12.3 Å². The summed E-state index contributed by atoms with van der Waals surface area (Å²) in [5, 5.41) is 19.9. The average molecular weight is 585 g/mol. The second-order valence-corrected chi connectivity index (χ2v) is 11.0. The smallest absolute Gasteiger partial charge is 0.242 e. The maximum absolute atomic E-state index is 13.5. The lowest BCUT2D eigenvalue weighted by atomic mass is 9.93. The topological polar surface area (TPSA) is 162 Å². The Balaban J connectivity index is 1.48. The molecule has 1 unspecified atom stereocenters. The highest BCUT2D eigenvalue weighted by atomic mass is 16.3. The van der Waals surface area contributed by atoms with Crippen molar-refractivity contribution in [1.29, 1.82) is 0 Å². The Morgan fingerprint density at radius 1 is 0.814 bits per heavy atom. The summed E-state index contributed by atoms with van der Waals surface area (Å²) in [5.74, 6) is -1.18. The number of aromatic amines is 1. The fraction of sp³-hybridized carbons (Fsp3) is 0.333. The molecule has 0 spiro atoms. The predicted octanol–water partition coefficient (Wildman–Crippen LogP) is 2.74. The number of hydrogen-bond donors (Lipinski definition) is 6. The van der Waals surface area contributed by atoms with Crippen LogP contribution in [-0.4, -0.2) is 57.0 Å². The van der Waals surface area contributed by atoms with Gasteiger partial charge in [-0.3, -0.25) is 14.4 Å². The number of carbonyl (C=O) groups is 3. The molecule has 6 atom stereocenters. The lowest BCUT2D eigenvalue weighted by molar-refractivity contribution is -0.130. The molecule has 0 radical (unpaired) electrons. The summed E-state index contributed by atoms with van der Waals surface area (Å²) in [6.45, 7) is 4.83. The third-order valence-corrected chi connectivity index (χ3v) is 7.40. The van der Waals surface area contributed by atoms with Gasteiger partial charge in [-0.15, -0.1) is 0 Å². The van der Waals surface area contributed by atoms with Gasteiger partial charge < -0.3 is 31.8 Å². The van der Waals surface area contributed by atoms with Crippen molar-refractivity contribution < 1.29 is 19.5 Å². The van der Waals surface area contributed by atoms with Crippen LogP contribution in [0.15, 0.2) is 84.9 Å². The molecule has 0 aliphatic rings. The van der Waals surface area contributed by atoms with E-state index in [1.54, 1.807) is 13.8 Å². The van der Waals surface area contributed by atoms with Crippen molar-refractivity contribution in [2.24, 2.45) is 11.7 Å². The van der Waals surface area contributed by atoms with Gasteiger partial charge in [-0.25, -0.2) is 4.98 Å². The molecule has 4 rings (SSSR count). The SMILES string of the molecule is C[C@H](N)C(=O)N[C@@H](C)C(=O)N[C@@H](Cc1ccccc1)[C@@H](O)C[C@@H](C)C(=O)NC(c1ccccc1)c1nc2ccccc2[nH]1. The molecule has 10 heteroatoms. The molecule has 7 N–H and O–H groups in total. The molecule has 0 aliphatic heterocycles. The van der Waals surface area contributed by atoms with Crippen LogP contribution in [0, 0.1) is 5.92 Å². The average Bonchev–Trinajstić information content (AvgIpc) is 3.44. The Morgan fingerprint density at radius 2 is 1.44 bits per heavy atom. The summed E-state index contributed by atoms with van der Waals surface area (Å²) >= 11 is 0. The number of aliphatic hydroxyl groups excluding tert-OH is 1. The molecule has 226 valence electrons. The molecule has 0 bridgehead atoms. The van der Waals surface area contributed by atoms with Gasteiger partial charge in [0, 0.05) is 5.92 Å². The first kappa shape index (κ1) is 31.4. The Kier molecular flexibility index (Phi) is 10.6. The normalized spacial score (nSPS) is 15.5. The zero-order valence-corrected chi connectivity index (χ0v) is 24.7. The maximum atomic E-state index is 13.5. The van der Waals surface area contributed by atoms with Gasteiger partial charge in [-0.1, -0.05) is 79.7 Å². The standard InChI is InChI=1S/C33H40N6O4/c1-20(31(41)39-29(24-14-8-5-9-15-24)30-36-25-16-10-11-17-26(25)37-30)18-28(40)27(19-23-12-6-4-7-13-23)38-33(43)22(3)35-32(42)21(2)34/h4-17,20-22,27-29,40H,18-19,34H2,1-3H3,(H,35,42)(H,36,37)(H,38,43)(H,39,41)/t20-,21+,22+,27+,28+,29?/m1/s1. The lowest BCUT2D eigenvalue weighted by Crippen LogP contribution is -2.54. The lowest BCUT2D eigenvalue weighted by Gasteiger charge is -2.28. The number of fused-ring (bicyclic) bond motifs is 1. The number of carbonyl (C=O) groups excluding carboxylic acids is 3. The number of para-hydroxylation sites is 2. The van der Waals surface area contributed by atoms with Crippen LogP contribution < -0.4 is 21.7 Å². The first-order valence-electron chi connectivity index (χ1n) is 14.5. The summed E-state index contributed by atoms with van der Waals surface area (Å²) < 4.78 is 0. The number of aromatic nitrogens is 2. The van der Waals surface area contributed by atoms with Gasteiger partial charge in [0.2, 0.25) is 17.7 Å². The van der Waals surface area contributed by atoms with Crippen LogP contribution >= 0.6 is 0 Å². The highest BCUT2D eigenvalue weighted by Gasteiger charge is 2.30. The minimum atomic E-state index is -1.05. The van der Waals surface area contributed by atoms with Gasteiger partial charge in [-0.2, -0.15) is 0 Å². The third kappa shape index (κ3) is 8.50. The summed E-state index contributed by atoms with van der Waals surface area (Å²) in [6, 6.07) is 23.8. The van der Waals surface area contributed by atoms with Crippen LogP contribution in [0.4, 0.5) is 0 Å².